The van der Waals surface area contributed by atoms with Crippen LogP contribution in [0.25, 0.3) is 0 Å². The molecular formula is C17H19NO3S. The molecule has 0 spiro atoms. The van der Waals surface area contributed by atoms with E-state index in [0.717, 1.165) is 24.8 Å². The number of hydrogen-bond donors (Lipinski definition) is 1. The average Bonchev–Trinajstić information content (AvgIpc) is 2.94. The number of methoxy groups -OCH3 is 1. The maximum absolute atomic E-state index is 12.6. The Morgan fingerprint density at radius 1 is 1.05 bits per heavy atom. The standard InChI is InChI=1S/C17H19NO3S/c1-12-6-9-16(21-2)17(10-12)22(19,20)18-15-8-7-13-4-3-5-14(13)11-15/h6-11,18H,3-5H2,1-2H3. The fourth-order valence-corrected chi connectivity index (χ4v) is 4.14. The van der Waals surface area contributed by atoms with Crippen molar-refractivity contribution in [3.63, 3.8) is 0 Å². The lowest BCUT2D eigenvalue weighted by molar-refractivity contribution is 0.402. The minimum atomic E-state index is -3.67. The number of fused-ring (bicyclic) bond motifs is 1. The quantitative estimate of drug-likeness (QED) is 0.941. The summed E-state index contributed by atoms with van der Waals surface area (Å²) < 4.78 is 33.1. The first-order valence-electron chi connectivity index (χ1n) is 7.29. The van der Waals surface area contributed by atoms with Crippen molar-refractivity contribution in [1.29, 1.82) is 0 Å². The minimum absolute atomic E-state index is 0.162. The SMILES string of the molecule is COc1ccc(C)cc1S(=O)(=O)Nc1ccc2c(c1)CCC2. The van der Waals surface area contributed by atoms with E-state index in [1.807, 2.05) is 31.2 Å². The molecule has 0 saturated carbocycles. The van der Waals surface area contributed by atoms with Crippen LogP contribution in [0.5, 0.6) is 5.75 Å². The zero-order valence-electron chi connectivity index (χ0n) is 12.7. The molecule has 1 aliphatic rings. The van der Waals surface area contributed by atoms with Crippen molar-refractivity contribution in [2.75, 3.05) is 11.8 Å². The van der Waals surface area contributed by atoms with Gasteiger partial charge in [-0.3, -0.25) is 4.72 Å². The Kier molecular flexibility index (Phi) is 3.83. The highest BCUT2D eigenvalue weighted by Gasteiger charge is 2.20. The lowest BCUT2D eigenvalue weighted by atomic mass is 10.1. The van der Waals surface area contributed by atoms with E-state index in [2.05, 4.69) is 4.72 Å². The van der Waals surface area contributed by atoms with Crippen LogP contribution < -0.4 is 9.46 Å². The van der Waals surface area contributed by atoms with Gasteiger partial charge in [0.2, 0.25) is 0 Å². The fraction of sp³-hybridized carbons (Fsp3) is 0.294. The maximum Gasteiger partial charge on any atom is 0.265 e. The first-order valence-corrected chi connectivity index (χ1v) is 8.77. The highest BCUT2D eigenvalue weighted by molar-refractivity contribution is 7.92. The van der Waals surface area contributed by atoms with Crippen molar-refractivity contribution in [1.82, 2.24) is 0 Å². The molecule has 1 N–H and O–H groups in total. The van der Waals surface area contributed by atoms with Gasteiger partial charge < -0.3 is 4.74 Å². The Labute approximate surface area is 131 Å². The molecule has 0 unspecified atom stereocenters. The molecular weight excluding hydrogens is 298 g/mol. The van der Waals surface area contributed by atoms with E-state index in [4.69, 9.17) is 4.74 Å². The van der Waals surface area contributed by atoms with E-state index >= 15 is 0 Å². The van der Waals surface area contributed by atoms with Gasteiger partial charge in [-0.15, -0.1) is 0 Å². The van der Waals surface area contributed by atoms with Gasteiger partial charge in [-0.1, -0.05) is 12.1 Å². The molecule has 4 nitrogen and oxygen atoms in total. The lowest BCUT2D eigenvalue weighted by Gasteiger charge is -2.13. The van der Waals surface area contributed by atoms with Crippen LogP contribution in [0, 0.1) is 6.92 Å². The Bertz CT molecular complexity index is 813. The summed E-state index contributed by atoms with van der Waals surface area (Å²) in [4.78, 5) is 0.162. The van der Waals surface area contributed by atoms with E-state index in [1.165, 1.54) is 18.2 Å². The van der Waals surface area contributed by atoms with Crippen molar-refractivity contribution >= 4 is 15.7 Å². The van der Waals surface area contributed by atoms with Crippen LogP contribution >= 0.6 is 0 Å². The predicted octanol–water partition coefficient (Wildman–Crippen LogP) is 3.29. The number of nitrogens with one attached hydrogen (secondary N) is 1. The fourth-order valence-electron chi connectivity index (χ4n) is 2.84. The minimum Gasteiger partial charge on any atom is -0.495 e. The van der Waals surface area contributed by atoms with Gasteiger partial charge in [-0.05, 0) is 67.1 Å². The monoisotopic (exact) mass is 317 g/mol. The molecule has 0 saturated heterocycles. The van der Waals surface area contributed by atoms with E-state index in [-0.39, 0.29) is 4.90 Å². The Morgan fingerprint density at radius 2 is 1.82 bits per heavy atom. The van der Waals surface area contributed by atoms with Crippen molar-refractivity contribution < 1.29 is 13.2 Å². The molecule has 0 atom stereocenters. The summed E-state index contributed by atoms with van der Waals surface area (Å²) in [5.41, 5.74) is 4.02. The number of anilines is 1. The van der Waals surface area contributed by atoms with Gasteiger partial charge in [0.15, 0.2) is 0 Å². The van der Waals surface area contributed by atoms with Gasteiger partial charge in [0, 0.05) is 5.69 Å². The average molecular weight is 317 g/mol. The van der Waals surface area contributed by atoms with Gasteiger partial charge in [-0.2, -0.15) is 0 Å². The summed E-state index contributed by atoms with van der Waals surface area (Å²) >= 11 is 0. The van der Waals surface area contributed by atoms with Crippen LogP contribution in [-0.4, -0.2) is 15.5 Å². The third kappa shape index (κ3) is 2.81. The number of aryl methyl sites for hydroxylation is 3. The van der Waals surface area contributed by atoms with E-state index in [0.29, 0.717) is 11.4 Å². The van der Waals surface area contributed by atoms with Crippen LogP contribution in [0.2, 0.25) is 0 Å². The van der Waals surface area contributed by atoms with Gasteiger partial charge >= 0.3 is 0 Å². The highest BCUT2D eigenvalue weighted by atomic mass is 32.2. The van der Waals surface area contributed by atoms with Crippen LogP contribution in [0.15, 0.2) is 41.3 Å². The van der Waals surface area contributed by atoms with Gasteiger partial charge in [-0.25, -0.2) is 8.42 Å². The Hall–Kier alpha value is -2.01. The highest BCUT2D eigenvalue weighted by Crippen LogP contribution is 2.29. The summed E-state index contributed by atoms with van der Waals surface area (Å²) in [6.07, 6.45) is 3.23. The third-order valence-corrected chi connectivity index (χ3v) is 5.36. The first-order chi connectivity index (χ1) is 10.5. The summed E-state index contributed by atoms with van der Waals surface area (Å²) in [5, 5.41) is 0. The predicted molar refractivity (Wildman–Crippen MR) is 87.0 cm³/mol. The second-order valence-electron chi connectivity index (χ2n) is 5.60. The Morgan fingerprint density at radius 3 is 2.59 bits per heavy atom. The molecule has 0 bridgehead atoms. The van der Waals surface area contributed by atoms with Gasteiger partial charge in [0.25, 0.3) is 10.0 Å². The van der Waals surface area contributed by atoms with E-state index in [9.17, 15) is 8.42 Å². The van der Waals surface area contributed by atoms with Crippen molar-refractivity contribution in [2.45, 2.75) is 31.1 Å². The molecule has 0 amide bonds. The molecule has 0 heterocycles. The zero-order chi connectivity index (χ0) is 15.7. The van der Waals surface area contributed by atoms with Crippen molar-refractivity contribution in [3.8, 4) is 5.75 Å². The Balaban J connectivity index is 1.95. The number of benzene rings is 2. The second-order valence-corrected chi connectivity index (χ2v) is 7.25. The smallest absolute Gasteiger partial charge is 0.265 e. The number of ether oxygens (including phenoxy) is 1. The molecule has 2 aromatic carbocycles. The summed E-state index contributed by atoms with van der Waals surface area (Å²) in [5.74, 6) is 0.347. The van der Waals surface area contributed by atoms with Crippen LogP contribution in [0.1, 0.15) is 23.1 Å². The number of rotatable bonds is 4. The first kappa shape index (κ1) is 14.9. The molecule has 0 fully saturated rings. The van der Waals surface area contributed by atoms with Gasteiger partial charge in [0.05, 0.1) is 7.11 Å². The topological polar surface area (TPSA) is 55.4 Å². The van der Waals surface area contributed by atoms with Crippen molar-refractivity contribution in [2.24, 2.45) is 0 Å². The third-order valence-electron chi connectivity index (χ3n) is 3.96. The van der Waals surface area contributed by atoms with Crippen LogP contribution in [0.3, 0.4) is 0 Å². The number of sulfonamides is 1. The molecule has 1 aliphatic carbocycles. The molecule has 0 aromatic heterocycles. The molecule has 5 heteroatoms. The van der Waals surface area contributed by atoms with Crippen molar-refractivity contribution in [3.05, 3.63) is 53.1 Å². The molecule has 2 aromatic rings. The zero-order valence-corrected chi connectivity index (χ0v) is 13.5. The molecule has 0 aliphatic heterocycles. The van der Waals surface area contributed by atoms with Gasteiger partial charge in [0.1, 0.15) is 10.6 Å². The largest absolute Gasteiger partial charge is 0.495 e. The summed E-state index contributed by atoms with van der Waals surface area (Å²) in [6, 6.07) is 10.9. The lowest BCUT2D eigenvalue weighted by Crippen LogP contribution is -2.14. The van der Waals surface area contributed by atoms with Crippen LogP contribution in [0.4, 0.5) is 5.69 Å². The summed E-state index contributed by atoms with van der Waals surface area (Å²) in [6.45, 7) is 1.86. The molecule has 3 rings (SSSR count). The molecule has 22 heavy (non-hydrogen) atoms. The van der Waals surface area contributed by atoms with E-state index in [1.54, 1.807) is 12.1 Å². The van der Waals surface area contributed by atoms with E-state index < -0.39 is 10.0 Å². The molecule has 0 radical (unpaired) electrons. The maximum atomic E-state index is 12.6. The second kappa shape index (κ2) is 5.65. The number of hydrogen-bond acceptors (Lipinski definition) is 3. The normalized spacial score (nSPS) is 13.7. The molecule has 116 valence electrons. The van der Waals surface area contributed by atoms with Crippen LogP contribution in [-0.2, 0) is 22.9 Å². The summed E-state index contributed by atoms with van der Waals surface area (Å²) in [7, 11) is -2.20.